The first-order valence-corrected chi connectivity index (χ1v) is 15.9. The van der Waals surface area contributed by atoms with E-state index in [-0.39, 0.29) is 23.1 Å². The molecule has 0 aliphatic carbocycles. The maximum atomic E-state index is 13.5. The molecule has 46 heavy (non-hydrogen) atoms. The molecule has 1 saturated heterocycles. The zero-order chi connectivity index (χ0) is 31.6. The number of halogens is 1. The second-order valence-electron chi connectivity index (χ2n) is 11.2. The number of carboxylic acids is 1. The molecule has 10 heteroatoms. The standard InChI is InChI=1S/C36H31FN4O4S/c37-27-10-6-23(7-11-27)28-12-8-25-20-26(9-13-29(25)39-28)34-33(24-4-2-1-3-5-24)35-30(21-31(46-35)36(43)44)41(34)22-32(42)38-14-15-40-16-18-45-19-17-40/h1-13,20-21H,14-19,22H2,(H,38,42)(H,43,44). The Hall–Kier alpha value is -4.90. The first-order valence-electron chi connectivity index (χ1n) is 15.1. The summed E-state index contributed by atoms with van der Waals surface area (Å²) >= 11 is 1.21. The van der Waals surface area contributed by atoms with Crippen LogP contribution in [0.25, 0.3) is 54.8 Å². The van der Waals surface area contributed by atoms with Crippen LogP contribution in [0.4, 0.5) is 4.39 Å². The molecule has 0 saturated carbocycles. The third kappa shape index (κ3) is 6.02. The number of fused-ring (bicyclic) bond motifs is 2. The van der Waals surface area contributed by atoms with Gasteiger partial charge in [-0.25, -0.2) is 14.2 Å². The van der Waals surface area contributed by atoms with Gasteiger partial charge in [-0.15, -0.1) is 11.3 Å². The summed E-state index contributed by atoms with van der Waals surface area (Å²) in [4.78, 5) is 32.8. The van der Waals surface area contributed by atoms with Gasteiger partial charge in [-0.1, -0.05) is 42.5 Å². The summed E-state index contributed by atoms with van der Waals surface area (Å²) in [6.45, 7) is 4.34. The number of ether oxygens (including phenoxy) is 1. The van der Waals surface area contributed by atoms with Crippen LogP contribution in [0.2, 0.25) is 0 Å². The Morgan fingerprint density at radius 2 is 1.67 bits per heavy atom. The Kier molecular flexibility index (Phi) is 8.32. The van der Waals surface area contributed by atoms with Gasteiger partial charge in [0.1, 0.15) is 17.2 Å². The topological polar surface area (TPSA) is 96.7 Å². The Bertz CT molecular complexity index is 2050. The number of carbonyl (C=O) groups excluding carboxylic acids is 1. The first kappa shape index (κ1) is 29.8. The molecule has 0 spiro atoms. The van der Waals surface area contributed by atoms with Crippen molar-refractivity contribution < 1.29 is 23.8 Å². The average molecular weight is 635 g/mol. The molecule has 6 aromatic rings. The fourth-order valence-corrected chi connectivity index (χ4v) is 7.07. The smallest absolute Gasteiger partial charge is 0.345 e. The third-order valence-corrected chi connectivity index (χ3v) is 9.40. The lowest BCUT2D eigenvalue weighted by molar-refractivity contribution is -0.121. The van der Waals surface area contributed by atoms with Crippen molar-refractivity contribution in [2.75, 3.05) is 39.4 Å². The predicted molar refractivity (Wildman–Crippen MR) is 179 cm³/mol. The highest BCUT2D eigenvalue weighted by molar-refractivity contribution is 7.21. The Labute approximate surface area is 268 Å². The molecule has 8 nitrogen and oxygen atoms in total. The number of amides is 1. The highest BCUT2D eigenvalue weighted by Gasteiger charge is 2.25. The van der Waals surface area contributed by atoms with Crippen LogP contribution in [0.1, 0.15) is 9.67 Å². The molecular weight excluding hydrogens is 603 g/mol. The van der Waals surface area contributed by atoms with Crippen molar-refractivity contribution in [2.45, 2.75) is 6.54 Å². The van der Waals surface area contributed by atoms with E-state index in [2.05, 4.69) is 10.2 Å². The van der Waals surface area contributed by atoms with Gasteiger partial charge in [0, 0.05) is 42.7 Å². The molecule has 2 N–H and O–H groups in total. The molecule has 3 aromatic heterocycles. The van der Waals surface area contributed by atoms with Crippen LogP contribution in [-0.4, -0.2) is 70.8 Å². The van der Waals surface area contributed by atoms with E-state index in [1.807, 2.05) is 65.2 Å². The van der Waals surface area contributed by atoms with Crippen LogP contribution in [0.15, 0.2) is 91.0 Å². The van der Waals surface area contributed by atoms with Gasteiger partial charge in [-0.3, -0.25) is 9.69 Å². The quantitative estimate of drug-likeness (QED) is 0.188. The number of thiophene rings is 1. The molecule has 1 aliphatic rings. The van der Waals surface area contributed by atoms with E-state index in [1.54, 1.807) is 18.2 Å². The van der Waals surface area contributed by atoms with Crippen molar-refractivity contribution >= 4 is 44.3 Å². The summed E-state index contributed by atoms with van der Waals surface area (Å²) in [6, 6.07) is 27.7. The van der Waals surface area contributed by atoms with E-state index >= 15 is 0 Å². The van der Waals surface area contributed by atoms with E-state index in [0.717, 1.165) is 68.9 Å². The molecular formula is C36H31FN4O4S. The summed E-state index contributed by atoms with van der Waals surface area (Å²) in [7, 11) is 0. The molecule has 0 unspecified atom stereocenters. The second kappa shape index (κ2) is 12.8. The highest BCUT2D eigenvalue weighted by atomic mass is 32.1. The predicted octanol–water partition coefficient (Wildman–Crippen LogP) is 6.54. The molecule has 3 aromatic carbocycles. The molecule has 0 radical (unpaired) electrons. The normalized spacial score (nSPS) is 13.8. The minimum Gasteiger partial charge on any atom is -0.477 e. The fourth-order valence-electron chi connectivity index (χ4n) is 6.00. The Balaban J connectivity index is 1.31. The number of nitrogens with zero attached hydrogens (tertiary/aromatic N) is 3. The number of nitrogens with one attached hydrogen (secondary N) is 1. The lowest BCUT2D eigenvalue weighted by Crippen LogP contribution is -2.41. The molecule has 0 bridgehead atoms. The van der Waals surface area contributed by atoms with Crippen LogP contribution in [-0.2, 0) is 16.1 Å². The van der Waals surface area contributed by atoms with Crippen molar-refractivity contribution in [3.8, 4) is 33.6 Å². The van der Waals surface area contributed by atoms with E-state index in [9.17, 15) is 19.1 Å². The Morgan fingerprint density at radius 3 is 2.43 bits per heavy atom. The summed E-state index contributed by atoms with van der Waals surface area (Å²) in [6.07, 6.45) is 0. The van der Waals surface area contributed by atoms with Crippen LogP contribution in [0.5, 0.6) is 0 Å². The van der Waals surface area contributed by atoms with E-state index in [0.29, 0.717) is 25.3 Å². The molecule has 1 amide bonds. The number of hydrogen-bond donors (Lipinski definition) is 2. The number of hydrogen-bond acceptors (Lipinski definition) is 6. The van der Waals surface area contributed by atoms with E-state index in [4.69, 9.17) is 9.72 Å². The van der Waals surface area contributed by atoms with Crippen LogP contribution < -0.4 is 5.32 Å². The minimum absolute atomic E-state index is 0.0252. The van der Waals surface area contributed by atoms with E-state index < -0.39 is 5.97 Å². The van der Waals surface area contributed by atoms with Crippen molar-refractivity contribution in [1.29, 1.82) is 0 Å². The number of aromatic nitrogens is 2. The molecule has 0 atom stereocenters. The summed E-state index contributed by atoms with van der Waals surface area (Å²) in [5.41, 5.74) is 6.56. The largest absolute Gasteiger partial charge is 0.477 e. The number of pyridine rings is 1. The zero-order valence-corrected chi connectivity index (χ0v) is 25.7. The highest BCUT2D eigenvalue weighted by Crippen LogP contribution is 2.45. The van der Waals surface area contributed by atoms with Crippen molar-refractivity contribution in [1.82, 2.24) is 19.8 Å². The second-order valence-corrected chi connectivity index (χ2v) is 12.3. The number of carbonyl (C=O) groups is 2. The van der Waals surface area contributed by atoms with Crippen LogP contribution in [0.3, 0.4) is 0 Å². The SMILES string of the molecule is O=C(Cn1c(-c2ccc3nc(-c4ccc(F)cc4)ccc3c2)c(-c2ccccc2)c2sc(C(=O)O)cc21)NCCN1CCOCC1. The molecule has 7 rings (SSSR count). The summed E-state index contributed by atoms with van der Waals surface area (Å²) in [5, 5.41) is 13.9. The maximum Gasteiger partial charge on any atom is 0.345 e. The van der Waals surface area contributed by atoms with Crippen molar-refractivity contribution in [2.24, 2.45) is 0 Å². The molecule has 1 fully saturated rings. The number of morpholine rings is 1. The van der Waals surface area contributed by atoms with Crippen molar-refractivity contribution in [3.05, 3.63) is 102 Å². The van der Waals surface area contributed by atoms with Gasteiger partial charge in [-0.2, -0.15) is 0 Å². The number of aromatic carboxylic acids is 1. The lowest BCUT2D eigenvalue weighted by atomic mass is 9.99. The molecule has 232 valence electrons. The zero-order valence-electron chi connectivity index (χ0n) is 24.9. The number of carboxylic acid groups (broad SMARTS) is 1. The van der Waals surface area contributed by atoms with Gasteiger partial charge < -0.3 is 19.7 Å². The van der Waals surface area contributed by atoms with Gasteiger partial charge in [0.15, 0.2) is 0 Å². The number of rotatable bonds is 9. The summed E-state index contributed by atoms with van der Waals surface area (Å²) in [5.74, 6) is -1.45. The monoisotopic (exact) mass is 634 g/mol. The van der Waals surface area contributed by atoms with Crippen LogP contribution >= 0.6 is 11.3 Å². The van der Waals surface area contributed by atoms with Crippen molar-refractivity contribution in [3.63, 3.8) is 0 Å². The van der Waals surface area contributed by atoms with E-state index in [1.165, 1.54) is 23.5 Å². The fraction of sp³-hybridized carbons (Fsp3) is 0.194. The molecule has 1 aliphatic heterocycles. The number of benzene rings is 3. The third-order valence-electron chi connectivity index (χ3n) is 8.27. The molecule has 4 heterocycles. The van der Waals surface area contributed by atoms with Gasteiger partial charge in [-0.05, 0) is 59.7 Å². The summed E-state index contributed by atoms with van der Waals surface area (Å²) < 4.78 is 21.7. The average Bonchev–Trinajstić information content (AvgIpc) is 3.64. The minimum atomic E-state index is -1.00. The van der Waals surface area contributed by atoms with Gasteiger partial charge in [0.2, 0.25) is 5.91 Å². The van der Waals surface area contributed by atoms with Gasteiger partial charge in [0.25, 0.3) is 0 Å². The maximum absolute atomic E-state index is 13.5. The van der Waals surface area contributed by atoms with Gasteiger partial charge in [0.05, 0.1) is 40.3 Å². The first-order chi connectivity index (χ1) is 22.4. The Morgan fingerprint density at radius 1 is 0.913 bits per heavy atom. The van der Waals surface area contributed by atoms with Crippen LogP contribution in [0, 0.1) is 5.82 Å². The van der Waals surface area contributed by atoms with Gasteiger partial charge >= 0.3 is 5.97 Å². The lowest BCUT2D eigenvalue weighted by Gasteiger charge is -2.26.